The van der Waals surface area contributed by atoms with Crippen LogP contribution in [0.5, 0.6) is 5.75 Å². The minimum absolute atomic E-state index is 0.378. The Bertz CT molecular complexity index is 898. The summed E-state index contributed by atoms with van der Waals surface area (Å²) < 4.78 is 5.85. The number of carbonyl (C=O) groups is 1. The molecule has 0 saturated carbocycles. The SMILES string of the molecule is Cc1ccc(OCCc2ccccn2)c(NC(=O)Nc2cnc(C)cn2)c1. The largest absolute Gasteiger partial charge is 0.491 e. The smallest absolute Gasteiger partial charge is 0.324 e. The van der Waals surface area contributed by atoms with Gasteiger partial charge in [0.15, 0.2) is 5.82 Å². The van der Waals surface area contributed by atoms with E-state index in [9.17, 15) is 4.79 Å². The van der Waals surface area contributed by atoms with Gasteiger partial charge in [-0.05, 0) is 43.7 Å². The fraction of sp³-hybridized carbons (Fsp3) is 0.200. The van der Waals surface area contributed by atoms with Gasteiger partial charge in [0.05, 0.1) is 30.4 Å². The maximum atomic E-state index is 12.3. The highest BCUT2D eigenvalue weighted by atomic mass is 16.5. The number of urea groups is 1. The predicted octanol–water partition coefficient (Wildman–Crippen LogP) is 3.75. The number of amides is 2. The van der Waals surface area contributed by atoms with Gasteiger partial charge in [-0.3, -0.25) is 15.3 Å². The van der Waals surface area contributed by atoms with Gasteiger partial charge in [0.1, 0.15) is 5.75 Å². The van der Waals surface area contributed by atoms with Gasteiger partial charge in [0.25, 0.3) is 0 Å². The number of hydrogen-bond donors (Lipinski definition) is 2. The summed E-state index contributed by atoms with van der Waals surface area (Å²) in [6, 6.07) is 11.0. The Morgan fingerprint density at radius 1 is 1.04 bits per heavy atom. The van der Waals surface area contributed by atoms with Gasteiger partial charge in [-0.2, -0.15) is 0 Å². The van der Waals surface area contributed by atoms with Crippen molar-refractivity contribution < 1.29 is 9.53 Å². The third-order valence-corrected chi connectivity index (χ3v) is 3.75. The molecule has 1 aromatic carbocycles. The number of nitrogens with one attached hydrogen (secondary N) is 2. The zero-order valence-electron chi connectivity index (χ0n) is 15.3. The van der Waals surface area contributed by atoms with Crippen LogP contribution in [0, 0.1) is 13.8 Å². The summed E-state index contributed by atoms with van der Waals surface area (Å²) in [5.74, 6) is 0.977. The second-order valence-electron chi connectivity index (χ2n) is 6.04. The van der Waals surface area contributed by atoms with E-state index >= 15 is 0 Å². The molecule has 2 aromatic heterocycles. The number of rotatable bonds is 6. The Balaban J connectivity index is 1.62. The number of aryl methyl sites for hydroxylation is 2. The van der Waals surface area contributed by atoms with Gasteiger partial charge in [-0.25, -0.2) is 9.78 Å². The lowest BCUT2D eigenvalue weighted by Gasteiger charge is -2.14. The van der Waals surface area contributed by atoms with E-state index in [4.69, 9.17) is 4.74 Å². The van der Waals surface area contributed by atoms with Gasteiger partial charge in [0, 0.05) is 18.3 Å². The average Bonchev–Trinajstić information content (AvgIpc) is 2.66. The molecule has 2 amide bonds. The van der Waals surface area contributed by atoms with Crippen LogP contribution in [-0.4, -0.2) is 27.6 Å². The number of anilines is 2. The molecule has 0 aliphatic heterocycles. The lowest BCUT2D eigenvalue weighted by molar-refractivity contribution is 0.261. The Kier molecular flexibility index (Phi) is 5.94. The molecule has 3 aromatic rings. The maximum absolute atomic E-state index is 12.3. The summed E-state index contributed by atoms with van der Waals surface area (Å²) in [6.07, 6.45) is 5.54. The van der Waals surface area contributed by atoms with E-state index in [0.717, 1.165) is 17.0 Å². The monoisotopic (exact) mass is 363 g/mol. The summed E-state index contributed by atoms with van der Waals surface area (Å²) in [5.41, 5.74) is 3.34. The Morgan fingerprint density at radius 2 is 1.93 bits per heavy atom. The normalized spacial score (nSPS) is 10.3. The number of nitrogens with zero attached hydrogens (tertiary/aromatic N) is 3. The Labute approximate surface area is 157 Å². The fourth-order valence-corrected chi connectivity index (χ4v) is 2.41. The maximum Gasteiger partial charge on any atom is 0.324 e. The quantitative estimate of drug-likeness (QED) is 0.696. The van der Waals surface area contributed by atoms with E-state index in [1.165, 1.54) is 6.20 Å². The first-order valence-corrected chi connectivity index (χ1v) is 8.60. The number of hydrogen-bond acceptors (Lipinski definition) is 5. The number of carbonyl (C=O) groups excluding carboxylic acids is 1. The molecular formula is C20H21N5O2. The van der Waals surface area contributed by atoms with Crippen LogP contribution in [0.4, 0.5) is 16.3 Å². The van der Waals surface area contributed by atoms with Crippen molar-refractivity contribution in [3.63, 3.8) is 0 Å². The van der Waals surface area contributed by atoms with E-state index in [2.05, 4.69) is 25.6 Å². The number of aromatic nitrogens is 3. The van der Waals surface area contributed by atoms with E-state index in [1.807, 2.05) is 50.2 Å². The van der Waals surface area contributed by atoms with Crippen molar-refractivity contribution in [1.29, 1.82) is 0 Å². The van der Waals surface area contributed by atoms with Gasteiger partial charge in [-0.15, -0.1) is 0 Å². The van der Waals surface area contributed by atoms with E-state index in [1.54, 1.807) is 12.4 Å². The third-order valence-electron chi connectivity index (χ3n) is 3.75. The number of benzene rings is 1. The van der Waals surface area contributed by atoms with Crippen LogP contribution in [0.25, 0.3) is 0 Å². The van der Waals surface area contributed by atoms with Crippen LogP contribution in [0.2, 0.25) is 0 Å². The minimum Gasteiger partial charge on any atom is -0.491 e. The molecule has 0 spiro atoms. The molecule has 2 heterocycles. The molecule has 7 heteroatoms. The highest BCUT2D eigenvalue weighted by Crippen LogP contribution is 2.26. The van der Waals surface area contributed by atoms with Crippen LogP contribution in [0.15, 0.2) is 55.0 Å². The van der Waals surface area contributed by atoms with Crippen molar-refractivity contribution >= 4 is 17.5 Å². The lowest BCUT2D eigenvalue weighted by Crippen LogP contribution is -2.21. The second kappa shape index (κ2) is 8.75. The summed E-state index contributed by atoms with van der Waals surface area (Å²) in [7, 11) is 0. The highest BCUT2D eigenvalue weighted by molar-refractivity contribution is 6.00. The van der Waals surface area contributed by atoms with Gasteiger partial charge >= 0.3 is 6.03 Å². The van der Waals surface area contributed by atoms with Crippen LogP contribution < -0.4 is 15.4 Å². The summed E-state index contributed by atoms with van der Waals surface area (Å²) in [4.78, 5) is 24.8. The second-order valence-corrected chi connectivity index (χ2v) is 6.04. The van der Waals surface area contributed by atoms with Gasteiger partial charge in [0.2, 0.25) is 0 Å². The number of pyridine rings is 1. The molecule has 138 valence electrons. The molecule has 3 rings (SSSR count). The standard InChI is InChI=1S/C20H21N5O2/c1-14-6-7-18(27-10-8-16-5-3-4-9-21-16)17(11-14)24-20(26)25-19-13-22-15(2)12-23-19/h3-7,9,11-13H,8,10H2,1-2H3,(H2,23,24,25,26). The average molecular weight is 363 g/mol. The molecular weight excluding hydrogens is 342 g/mol. The highest BCUT2D eigenvalue weighted by Gasteiger charge is 2.10. The van der Waals surface area contributed by atoms with Crippen molar-refractivity contribution in [2.24, 2.45) is 0 Å². The Hall–Kier alpha value is -3.48. The summed E-state index contributed by atoms with van der Waals surface area (Å²) in [6.45, 7) is 4.24. The minimum atomic E-state index is -0.409. The van der Waals surface area contributed by atoms with E-state index in [0.29, 0.717) is 30.3 Å². The molecule has 27 heavy (non-hydrogen) atoms. The van der Waals surface area contributed by atoms with Crippen molar-refractivity contribution in [3.05, 3.63) is 71.9 Å². The first kappa shape index (κ1) is 18.3. The van der Waals surface area contributed by atoms with Gasteiger partial charge in [-0.1, -0.05) is 12.1 Å². The first-order chi connectivity index (χ1) is 13.1. The number of ether oxygens (including phenoxy) is 1. The molecule has 0 bridgehead atoms. The third kappa shape index (κ3) is 5.50. The van der Waals surface area contributed by atoms with Crippen LogP contribution in [0.3, 0.4) is 0 Å². The van der Waals surface area contributed by atoms with Gasteiger partial charge < -0.3 is 10.1 Å². The van der Waals surface area contributed by atoms with Crippen LogP contribution in [0.1, 0.15) is 17.0 Å². The molecule has 0 aliphatic carbocycles. The zero-order valence-corrected chi connectivity index (χ0v) is 15.3. The van der Waals surface area contributed by atoms with Crippen LogP contribution in [-0.2, 0) is 6.42 Å². The van der Waals surface area contributed by atoms with Crippen LogP contribution >= 0.6 is 0 Å². The summed E-state index contributed by atoms with van der Waals surface area (Å²) in [5, 5.41) is 5.46. The summed E-state index contributed by atoms with van der Waals surface area (Å²) >= 11 is 0. The van der Waals surface area contributed by atoms with Crippen molar-refractivity contribution in [1.82, 2.24) is 15.0 Å². The van der Waals surface area contributed by atoms with Crippen molar-refractivity contribution in [2.75, 3.05) is 17.2 Å². The fourth-order valence-electron chi connectivity index (χ4n) is 2.41. The van der Waals surface area contributed by atoms with Crippen molar-refractivity contribution in [2.45, 2.75) is 20.3 Å². The van der Waals surface area contributed by atoms with E-state index < -0.39 is 6.03 Å². The molecule has 7 nitrogen and oxygen atoms in total. The molecule has 0 aliphatic rings. The molecule has 2 N–H and O–H groups in total. The molecule has 0 fully saturated rings. The van der Waals surface area contributed by atoms with E-state index in [-0.39, 0.29) is 0 Å². The molecule has 0 atom stereocenters. The molecule has 0 unspecified atom stereocenters. The lowest BCUT2D eigenvalue weighted by atomic mass is 10.2. The zero-order chi connectivity index (χ0) is 19.1. The topological polar surface area (TPSA) is 89.0 Å². The molecule has 0 saturated heterocycles. The first-order valence-electron chi connectivity index (χ1n) is 8.60. The molecule has 0 radical (unpaired) electrons. The Morgan fingerprint density at radius 3 is 2.67 bits per heavy atom. The predicted molar refractivity (Wildman–Crippen MR) is 104 cm³/mol. The van der Waals surface area contributed by atoms with Crippen molar-refractivity contribution in [3.8, 4) is 5.75 Å².